The maximum atomic E-state index is 12.1. The SMILES string of the molecule is Cc1ccc(S(=O)(=O)NNC(=O)c2cc([N+](=O)[O-])ccc2N)cc1. The third-order valence-electron chi connectivity index (χ3n) is 3.12. The number of carbonyl (C=O) groups is 1. The fraction of sp³-hybridized carbons (Fsp3) is 0.0714. The lowest BCUT2D eigenvalue weighted by Crippen LogP contribution is -2.41. The Morgan fingerprint density at radius 3 is 2.38 bits per heavy atom. The van der Waals surface area contributed by atoms with Crippen molar-refractivity contribution in [1.29, 1.82) is 0 Å². The van der Waals surface area contributed by atoms with Crippen molar-refractivity contribution in [3.05, 3.63) is 63.7 Å². The molecule has 24 heavy (non-hydrogen) atoms. The lowest BCUT2D eigenvalue weighted by molar-refractivity contribution is -0.384. The van der Waals surface area contributed by atoms with Crippen molar-refractivity contribution in [3.8, 4) is 0 Å². The molecule has 0 spiro atoms. The fourth-order valence-electron chi connectivity index (χ4n) is 1.81. The number of nitro groups is 1. The molecule has 2 rings (SSSR count). The molecule has 4 N–H and O–H groups in total. The highest BCUT2D eigenvalue weighted by molar-refractivity contribution is 7.89. The minimum Gasteiger partial charge on any atom is -0.398 e. The fourth-order valence-corrected chi connectivity index (χ4v) is 2.65. The first-order valence-electron chi connectivity index (χ1n) is 6.63. The number of sulfonamides is 1. The van der Waals surface area contributed by atoms with E-state index in [9.17, 15) is 23.3 Å². The molecule has 0 aliphatic carbocycles. The number of hydrogen-bond donors (Lipinski definition) is 3. The monoisotopic (exact) mass is 350 g/mol. The van der Waals surface area contributed by atoms with Crippen LogP contribution in [0.2, 0.25) is 0 Å². The maximum absolute atomic E-state index is 12.1. The van der Waals surface area contributed by atoms with Crippen LogP contribution in [0, 0.1) is 17.0 Å². The molecule has 126 valence electrons. The Bertz CT molecular complexity index is 894. The molecule has 0 saturated carbocycles. The van der Waals surface area contributed by atoms with Gasteiger partial charge in [0.1, 0.15) is 0 Å². The molecule has 0 radical (unpaired) electrons. The molecule has 0 fully saturated rings. The van der Waals surface area contributed by atoms with Crippen LogP contribution in [0.25, 0.3) is 0 Å². The number of anilines is 1. The van der Waals surface area contributed by atoms with Crippen molar-refractivity contribution in [1.82, 2.24) is 10.3 Å². The molecule has 10 heteroatoms. The Labute approximate surface area is 137 Å². The molecule has 0 aliphatic heterocycles. The van der Waals surface area contributed by atoms with E-state index in [-0.39, 0.29) is 21.8 Å². The number of nitrogens with zero attached hydrogens (tertiary/aromatic N) is 1. The number of aryl methyl sites for hydroxylation is 1. The molecule has 1 amide bonds. The Balaban J connectivity index is 2.17. The van der Waals surface area contributed by atoms with E-state index in [0.717, 1.165) is 17.7 Å². The third-order valence-corrected chi connectivity index (χ3v) is 4.39. The van der Waals surface area contributed by atoms with Gasteiger partial charge >= 0.3 is 0 Å². The van der Waals surface area contributed by atoms with Crippen molar-refractivity contribution in [2.75, 3.05) is 5.73 Å². The number of rotatable bonds is 5. The minimum absolute atomic E-state index is 0.0207. The van der Waals surface area contributed by atoms with E-state index >= 15 is 0 Å². The van der Waals surface area contributed by atoms with Crippen LogP contribution in [0.4, 0.5) is 11.4 Å². The van der Waals surface area contributed by atoms with Gasteiger partial charge in [0, 0.05) is 17.8 Å². The van der Waals surface area contributed by atoms with Crippen molar-refractivity contribution in [3.63, 3.8) is 0 Å². The number of hydrazine groups is 1. The van der Waals surface area contributed by atoms with Crippen LogP contribution in [0.15, 0.2) is 47.4 Å². The van der Waals surface area contributed by atoms with Gasteiger partial charge < -0.3 is 5.73 Å². The first-order valence-corrected chi connectivity index (χ1v) is 8.12. The Morgan fingerprint density at radius 1 is 1.17 bits per heavy atom. The van der Waals surface area contributed by atoms with E-state index in [1.54, 1.807) is 19.1 Å². The molecule has 0 atom stereocenters. The smallest absolute Gasteiger partial charge is 0.270 e. The molecule has 2 aromatic rings. The van der Waals surface area contributed by atoms with Crippen molar-refractivity contribution >= 4 is 27.3 Å². The summed E-state index contributed by atoms with van der Waals surface area (Å²) in [4.78, 5) is 24.0. The van der Waals surface area contributed by atoms with Crippen LogP contribution in [-0.2, 0) is 10.0 Å². The highest BCUT2D eigenvalue weighted by Crippen LogP contribution is 2.19. The highest BCUT2D eigenvalue weighted by atomic mass is 32.2. The lowest BCUT2D eigenvalue weighted by atomic mass is 10.1. The van der Waals surface area contributed by atoms with Gasteiger partial charge in [0.05, 0.1) is 15.4 Å². The molecule has 0 bridgehead atoms. The topological polar surface area (TPSA) is 144 Å². The van der Waals surface area contributed by atoms with E-state index in [1.165, 1.54) is 18.2 Å². The summed E-state index contributed by atoms with van der Waals surface area (Å²) in [5, 5.41) is 10.7. The Hall–Kier alpha value is -2.98. The van der Waals surface area contributed by atoms with Gasteiger partial charge in [-0.3, -0.25) is 20.3 Å². The number of hydrogen-bond acceptors (Lipinski definition) is 6. The second-order valence-electron chi connectivity index (χ2n) is 4.90. The normalized spacial score (nSPS) is 11.0. The standard InChI is InChI=1S/C14H14N4O5S/c1-9-2-5-11(6-3-9)24(22,23)17-16-14(19)12-8-10(18(20)21)4-7-13(12)15/h2-8,17H,15H2,1H3,(H,16,19). The van der Waals surface area contributed by atoms with Crippen LogP contribution in [0.5, 0.6) is 0 Å². The number of nitrogen functional groups attached to an aromatic ring is 1. The number of benzene rings is 2. The lowest BCUT2D eigenvalue weighted by Gasteiger charge is -2.10. The van der Waals surface area contributed by atoms with Gasteiger partial charge in [-0.15, -0.1) is 4.83 Å². The summed E-state index contributed by atoms with van der Waals surface area (Å²) in [6, 6.07) is 9.27. The van der Waals surface area contributed by atoms with Crippen molar-refractivity contribution in [2.24, 2.45) is 0 Å². The van der Waals surface area contributed by atoms with Gasteiger partial charge in [-0.05, 0) is 25.1 Å². The third kappa shape index (κ3) is 3.86. The molecule has 9 nitrogen and oxygen atoms in total. The summed E-state index contributed by atoms with van der Waals surface area (Å²) in [7, 11) is -3.98. The average molecular weight is 350 g/mol. The summed E-state index contributed by atoms with van der Waals surface area (Å²) in [5.41, 5.74) is 7.88. The van der Waals surface area contributed by atoms with Crippen LogP contribution in [-0.4, -0.2) is 19.2 Å². The average Bonchev–Trinajstić information content (AvgIpc) is 2.53. The molecule has 0 aromatic heterocycles. The molecule has 0 unspecified atom stereocenters. The van der Waals surface area contributed by atoms with Gasteiger partial charge in [-0.2, -0.15) is 0 Å². The zero-order valence-electron chi connectivity index (χ0n) is 12.5. The predicted molar refractivity (Wildman–Crippen MR) is 86.5 cm³/mol. The zero-order valence-corrected chi connectivity index (χ0v) is 13.3. The molecule has 0 saturated heterocycles. The second-order valence-corrected chi connectivity index (χ2v) is 6.58. The Kier molecular flexibility index (Phi) is 4.81. The quantitative estimate of drug-likeness (QED) is 0.418. The predicted octanol–water partition coefficient (Wildman–Crippen LogP) is 1.11. The summed E-state index contributed by atoms with van der Waals surface area (Å²) in [6.07, 6.45) is 0. The van der Waals surface area contributed by atoms with Crippen molar-refractivity contribution < 1.29 is 18.1 Å². The molecular formula is C14H14N4O5S. The van der Waals surface area contributed by atoms with Gasteiger partial charge in [-0.25, -0.2) is 8.42 Å². The van der Waals surface area contributed by atoms with Gasteiger partial charge in [0.15, 0.2) is 0 Å². The van der Waals surface area contributed by atoms with E-state index in [2.05, 4.69) is 0 Å². The van der Waals surface area contributed by atoms with E-state index < -0.39 is 20.9 Å². The first-order chi connectivity index (χ1) is 11.2. The summed E-state index contributed by atoms with van der Waals surface area (Å²) in [5.74, 6) is -0.910. The largest absolute Gasteiger partial charge is 0.398 e. The van der Waals surface area contributed by atoms with E-state index in [0.29, 0.717) is 0 Å². The van der Waals surface area contributed by atoms with Gasteiger partial charge in [0.25, 0.3) is 21.6 Å². The van der Waals surface area contributed by atoms with Gasteiger partial charge in [0.2, 0.25) is 0 Å². The first kappa shape index (κ1) is 17.4. The van der Waals surface area contributed by atoms with Crippen LogP contribution in [0.1, 0.15) is 15.9 Å². The molecule has 2 aromatic carbocycles. The van der Waals surface area contributed by atoms with Crippen LogP contribution >= 0.6 is 0 Å². The highest BCUT2D eigenvalue weighted by Gasteiger charge is 2.18. The summed E-state index contributed by atoms with van der Waals surface area (Å²) in [6.45, 7) is 1.80. The Morgan fingerprint density at radius 2 is 1.79 bits per heavy atom. The number of amides is 1. The number of nitrogens with two attached hydrogens (primary N) is 1. The summed E-state index contributed by atoms with van der Waals surface area (Å²) >= 11 is 0. The molecule has 0 aliphatic rings. The minimum atomic E-state index is -3.98. The van der Waals surface area contributed by atoms with E-state index in [4.69, 9.17) is 5.73 Å². The second kappa shape index (κ2) is 6.64. The zero-order chi connectivity index (χ0) is 17.9. The summed E-state index contributed by atoms with van der Waals surface area (Å²) < 4.78 is 24.1. The molecule has 0 heterocycles. The van der Waals surface area contributed by atoms with Crippen LogP contribution < -0.4 is 16.0 Å². The van der Waals surface area contributed by atoms with Crippen molar-refractivity contribution in [2.45, 2.75) is 11.8 Å². The number of nitrogens with one attached hydrogen (secondary N) is 2. The number of nitro benzene ring substituents is 1. The molecular weight excluding hydrogens is 336 g/mol. The van der Waals surface area contributed by atoms with Gasteiger partial charge in [-0.1, -0.05) is 17.7 Å². The van der Waals surface area contributed by atoms with Crippen LogP contribution in [0.3, 0.4) is 0 Å². The maximum Gasteiger partial charge on any atom is 0.270 e. The number of carbonyl (C=O) groups excluding carboxylic acids is 1. The number of non-ortho nitro benzene ring substituents is 1. The van der Waals surface area contributed by atoms with E-state index in [1.807, 2.05) is 10.3 Å².